The van der Waals surface area contributed by atoms with Gasteiger partial charge in [-0.2, -0.15) is 0 Å². The molecule has 1 aromatic carbocycles. The summed E-state index contributed by atoms with van der Waals surface area (Å²) in [5.41, 5.74) is 1.11. The molecule has 0 aromatic heterocycles. The lowest BCUT2D eigenvalue weighted by Gasteiger charge is -2.37. The first kappa shape index (κ1) is 18.6. The van der Waals surface area contributed by atoms with Crippen molar-refractivity contribution in [3.05, 3.63) is 29.3 Å². The van der Waals surface area contributed by atoms with Gasteiger partial charge in [-0.15, -0.1) is 0 Å². The molecule has 2 amide bonds. The third kappa shape index (κ3) is 4.08. The Labute approximate surface area is 166 Å². The first-order valence-electron chi connectivity index (χ1n) is 10.2. The third-order valence-corrected chi connectivity index (χ3v) is 6.52. The van der Waals surface area contributed by atoms with E-state index < -0.39 is 0 Å². The van der Waals surface area contributed by atoms with Crippen molar-refractivity contribution in [1.29, 1.82) is 0 Å². The van der Waals surface area contributed by atoms with Crippen molar-refractivity contribution in [2.75, 3.05) is 37.6 Å². The number of piperazine rings is 1. The normalized spacial score (nSPS) is 24.6. The van der Waals surface area contributed by atoms with Crippen LogP contribution in [0.3, 0.4) is 0 Å². The van der Waals surface area contributed by atoms with Crippen molar-refractivity contribution in [1.82, 2.24) is 9.80 Å². The molecule has 1 aromatic rings. The molecule has 6 heteroatoms. The minimum Gasteiger partial charge on any atom is -0.368 e. The third-order valence-electron chi connectivity index (χ3n) is 6.29. The molecular weight excluding hydrogens is 362 g/mol. The molecule has 3 aliphatic rings. The Kier molecular flexibility index (Phi) is 5.58. The lowest BCUT2D eigenvalue weighted by molar-refractivity contribution is -0.136. The number of carbonyl (C=O) groups is 2. The van der Waals surface area contributed by atoms with Gasteiger partial charge in [0, 0.05) is 55.9 Å². The molecule has 0 spiro atoms. The van der Waals surface area contributed by atoms with Crippen molar-refractivity contribution >= 4 is 29.1 Å². The van der Waals surface area contributed by atoms with Gasteiger partial charge in [0.15, 0.2) is 0 Å². The summed E-state index contributed by atoms with van der Waals surface area (Å²) >= 11 is 6.09. The monoisotopic (exact) mass is 389 g/mol. The van der Waals surface area contributed by atoms with Crippen LogP contribution in [0, 0.1) is 5.92 Å². The minimum atomic E-state index is -0.155. The smallest absolute Gasteiger partial charge is 0.228 e. The van der Waals surface area contributed by atoms with Crippen molar-refractivity contribution in [2.45, 2.75) is 44.6 Å². The zero-order valence-corrected chi connectivity index (χ0v) is 16.5. The Hall–Kier alpha value is -1.75. The van der Waals surface area contributed by atoms with Gasteiger partial charge in [0.1, 0.15) is 0 Å². The van der Waals surface area contributed by atoms with E-state index in [1.165, 1.54) is 19.3 Å². The van der Waals surface area contributed by atoms with Gasteiger partial charge in [-0.1, -0.05) is 36.9 Å². The summed E-state index contributed by atoms with van der Waals surface area (Å²) in [5, 5.41) is 0.735. The fourth-order valence-corrected chi connectivity index (χ4v) is 4.94. The largest absolute Gasteiger partial charge is 0.368 e. The highest BCUT2D eigenvalue weighted by Gasteiger charge is 2.40. The van der Waals surface area contributed by atoms with Crippen LogP contribution in [0.2, 0.25) is 5.02 Å². The lowest BCUT2D eigenvalue weighted by atomic mass is 9.94. The number of anilines is 1. The van der Waals surface area contributed by atoms with Crippen LogP contribution in [0.25, 0.3) is 0 Å². The highest BCUT2D eigenvalue weighted by Crippen LogP contribution is 2.30. The second-order valence-corrected chi connectivity index (χ2v) is 8.47. The van der Waals surface area contributed by atoms with Crippen LogP contribution in [0.15, 0.2) is 24.3 Å². The van der Waals surface area contributed by atoms with Gasteiger partial charge in [0.25, 0.3) is 0 Å². The van der Waals surface area contributed by atoms with E-state index in [2.05, 4.69) is 11.0 Å². The van der Waals surface area contributed by atoms with Crippen LogP contribution in [-0.4, -0.2) is 60.4 Å². The highest BCUT2D eigenvalue weighted by molar-refractivity contribution is 6.30. The van der Waals surface area contributed by atoms with E-state index in [0.717, 1.165) is 36.6 Å². The van der Waals surface area contributed by atoms with Crippen molar-refractivity contribution in [3.8, 4) is 0 Å². The molecule has 0 N–H and O–H groups in total. The predicted octanol–water partition coefficient (Wildman–Crippen LogP) is 3.17. The maximum atomic E-state index is 13.0. The lowest BCUT2D eigenvalue weighted by Crippen LogP contribution is -2.50. The van der Waals surface area contributed by atoms with E-state index in [1.54, 1.807) is 0 Å². The number of carbonyl (C=O) groups excluding carboxylic acids is 2. The summed E-state index contributed by atoms with van der Waals surface area (Å²) in [5.74, 6) is 0.183. The quantitative estimate of drug-likeness (QED) is 0.797. The second kappa shape index (κ2) is 8.09. The Morgan fingerprint density at radius 1 is 1.04 bits per heavy atom. The second-order valence-electron chi connectivity index (χ2n) is 8.03. The van der Waals surface area contributed by atoms with Gasteiger partial charge in [-0.25, -0.2) is 0 Å². The number of nitrogens with zero attached hydrogens (tertiary/aromatic N) is 3. The van der Waals surface area contributed by atoms with Crippen LogP contribution in [0.1, 0.15) is 38.5 Å². The van der Waals surface area contributed by atoms with E-state index in [9.17, 15) is 9.59 Å². The van der Waals surface area contributed by atoms with Gasteiger partial charge in [0.2, 0.25) is 11.8 Å². The Morgan fingerprint density at radius 3 is 2.48 bits per heavy atom. The van der Waals surface area contributed by atoms with E-state index in [0.29, 0.717) is 32.1 Å². The van der Waals surface area contributed by atoms with Crippen LogP contribution in [0.5, 0.6) is 0 Å². The molecule has 2 saturated heterocycles. The van der Waals surface area contributed by atoms with Gasteiger partial charge in [-0.05, 0) is 31.0 Å². The number of rotatable bonds is 3. The van der Waals surface area contributed by atoms with E-state index in [1.807, 2.05) is 28.0 Å². The van der Waals surface area contributed by atoms with Gasteiger partial charge in [0.05, 0.1) is 5.92 Å². The molecule has 0 radical (unpaired) electrons. The maximum absolute atomic E-state index is 13.0. The number of benzene rings is 1. The maximum Gasteiger partial charge on any atom is 0.228 e. The molecule has 27 heavy (non-hydrogen) atoms. The number of amides is 2. The predicted molar refractivity (Wildman–Crippen MR) is 107 cm³/mol. The standard InChI is InChI=1S/C21H28ClN3O2/c22-17-5-4-8-19(14-17)23-9-11-24(12-10-23)21(27)16-13-20(26)25(15-16)18-6-2-1-3-7-18/h4-5,8,14,16,18H,1-3,6-7,9-13,15H2/t16-/m1/s1. The average molecular weight is 390 g/mol. The van der Waals surface area contributed by atoms with Crippen molar-refractivity contribution in [3.63, 3.8) is 0 Å². The Morgan fingerprint density at radius 2 is 1.78 bits per heavy atom. The minimum absolute atomic E-state index is 0.155. The van der Waals surface area contributed by atoms with Crippen molar-refractivity contribution in [2.24, 2.45) is 5.92 Å². The van der Waals surface area contributed by atoms with Crippen LogP contribution < -0.4 is 4.90 Å². The molecule has 0 bridgehead atoms. The fourth-order valence-electron chi connectivity index (χ4n) is 4.76. The fraction of sp³-hybridized carbons (Fsp3) is 0.619. The molecule has 1 atom stereocenters. The summed E-state index contributed by atoms with van der Waals surface area (Å²) < 4.78 is 0. The molecular formula is C21H28ClN3O2. The van der Waals surface area contributed by atoms with E-state index in [-0.39, 0.29) is 17.7 Å². The summed E-state index contributed by atoms with van der Waals surface area (Å²) in [4.78, 5) is 31.7. The van der Waals surface area contributed by atoms with Crippen molar-refractivity contribution < 1.29 is 9.59 Å². The van der Waals surface area contributed by atoms with Crippen LogP contribution >= 0.6 is 11.6 Å². The average Bonchev–Trinajstić information content (AvgIpc) is 3.10. The van der Waals surface area contributed by atoms with E-state index in [4.69, 9.17) is 11.6 Å². The summed E-state index contributed by atoms with van der Waals surface area (Å²) in [6.45, 7) is 3.65. The topological polar surface area (TPSA) is 43.9 Å². The molecule has 146 valence electrons. The highest BCUT2D eigenvalue weighted by atomic mass is 35.5. The number of likely N-dealkylation sites (tertiary alicyclic amines) is 1. The first-order chi connectivity index (χ1) is 13.1. The van der Waals surface area contributed by atoms with Gasteiger partial charge in [-0.3, -0.25) is 9.59 Å². The summed E-state index contributed by atoms with van der Waals surface area (Å²) in [6.07, 6.45) is 6.29. The SMILES string of the molecule is O=C([C@@H]1CC(=O)N(C2CCCCC2)C1)N1CCN(c2cccc(Cl)c2)CC1. The molecule has 4 rings (SSSR count). The molecule has 0 unspecified atom stereocenters. The molecule has 3 fully saturated rings. The number of halogens is 1. The molecule has 2 aliphatic heterocycles. The molecule has 1 saturated carbocycles. The molecule has 5 nitrogen and oxygen atoms in total. The van der Waals surface area contributed by atoms with Crippen LogP contribution in [-0.2, 0) is 9.59 Å². The summed E-state index contributed by atoms with van der Waals surface area (Å²) in [7, 11) is 0. The number of hydrogen-bond donors (Lipinski definition) is 0. The van der Waals surface area contributed by atoms with E-state index >= 15 is 0 Å². The molecule has 1 aliphatic carbocycles. The zero-order chi connectivity index (χ0) is 18.8. The van der Waals surface area contributed by atoms with Gasteiger partial charge < -0.3 is 14.7 Å². The summed E-state index contributed by atoms with van der Waals surface area (Å²) in [6, 6.07) is 8.22. The molecule has 2 heterocycles. The van der Waals surface area contributed by atoms with Gasteiger partial charge >= 0.3 is 0 Å². The van der Waals surface area contributed by atoms with Crippen LogP contribution in [0.4, 0.5) is 5.69 Å². The Balaban J connectivity index is 1.32. The number of hydrogen-bond acceptors (Lipinski definition) is 3. The zero-order valence-electron chi connectivity index (χ0n) is 15.8. The Bertz CT molecular complexity index is 696. The first-order valence-corrected chi connectivity index (χ1v) is 10.6.